The van der Waals surface area contributed by atoms with Gasteiger partial charge in [-0.1, -0.05) is 77.1 Å². The van der Waals surface area contributed by atoms with Crippen molar-refractivity contribution < 1.29 is 51.0 Å². The fourth-order valence-corrected chi connectivity index (χ4v) is 3.94. The SMILES string of the molecule is Cc1cc2c(c(C(C)(C)C)c1)-c1cc(C(C)(C)C)c(C)[c-]c1C2.[Cl-].[Cl-].[Zr+3]. The first-order chi connectivity index (χ1) is 10.5. The molecule has 1 aliphatic carbocycles. The van der Waals surface area contributed by atoms with Crippen LogP contribution in [0.2, 0.25) is 0 Å². The Morgan fingerprint density at radius 1 is 0.808 bits per heavy atom. The molecule has 0 saturated heterocycles. The molecule has 0 N–H and O–H groups in total. The van der Waals surface area contributed by atoms with Crippen LogP contribution >= 0.6 is 0 Å². The summed E-state index contributed by atoms with van der Waals surface area (Å²) in [5.41, 5.74) is 11.6. The molecule has 0 spiro atoms. The molecule has 0 bridgehead atoms. The molecule has 2 aromatic carbocycles. The van der Waals surface area contributed by atoms with Crippen molar-refractivity contribution in [3.05, 3.63) is 57.6 Å². The minimum atomic E-state index is 0. The standard InChI is InChI=1S/C23H29.2ClH.Zr/c1-14-9-17-12-16-11-15(2)19(22(3,4)5)13-18(16)21(17)20(10-14)23(6,7)8;;;/h9-10,13H,12H2,1-8H3;2*1H;/q-1;;;+3/p-2. The molecule has 0 nitrogen and oxygen atoms in total. The van der Waals surface area contributed by atoms with E-state index >= 15 is 0 Å². The third kappa shape index (κ3) is 4.65. The van der Waals surface area contributed by atoms with E-state index in [-0.39, 0.29) is 61.8 Å². The Balaban J connectivity index is 0.00000208. The Kier molecular flexibility index (Phi) is 8.47. The van der Waals surface area contributed by atoms with Crippen LogP contribution in [0.1, 0.15) is 74.9 Å². The molecular weight excluding hydrogens is 438 g/mol. The molecule has 0 unspecified atom stereocenters. The van der Waals surface area contributed by atoms with Crippen molar-refractivity contribution in [2.45, 2.75) is 72.6 Å². The first-order valence-electron chi connectivity index (χ1n) is 8.69. The molecule has 26 heavy (non-hydrogen) atoms. The molecule has 0 fully saturated rings. The summed E-state index contributed by atoms with van der Waals surface area (Å²) in [4.78, 5) is 0. The van der Waals surface area contributed by atoms with Crippen molar-refractivity contribution in [2.24, 2.45) is 0 Å². The van der Waals surface area contributed by atoms with Crippen LogP contribution in [0.5, 0.6) is 0 Å². The third-order valence-corrected chi connectivity index (χ3v) is 4.97. The van der Waals surface area contributed by atoms with Crippen molar-refractivity contribution >= 4 is 0 Å². The van der Waals surface area contributed by atoms with Crippen molar-refractivity contribution in [2.75, 3.05) is 0 Å². The van der Waals surface area contributed by atoms with Gasteiger partial charge in [-0.05, 0) is 29.9 Å². The summed E-state index contributed by atoms with van der Waals surface area (Å²) in [5, 5.41) is 0. The average Bonchev–Trinajstić information content (AvgIpc) is 2.70. The summed E-state index contributed by atoms with van der Waals surface area (Å²) in [6, 6.07) is 10.9. The predicted octanol–water partition coefficient (Wildman–Crippen LogP) is 0.275. The van der Waals surface area contributed by atoms with Crippen LogP contribution < -0.4 is 24.8 Å². The molecule has 0 aromatic heterocycles. The van der Waals surface area contributed by atoms with E-state index < -0.39 is 0 Å². The zero-order valence-corrected chi connectivity index (χ0v) is 21.2. The van der Waals surface area contributed by atoms with Crippen LogP contribution in [0.15, 0.2) is 18.2 Å². The van der Waals surface area contributed by atoms with Gasteiger partial charge in [0.25, 0.3) is 0 Å². The molecule has 0 heterocycles. The Morgan fingerprint density at radius 3 is 1.85 bits per heavy atom. The maximum Gasteiger partial charge on any atom is 3.00 e. The minimum Gasteiger partial charge on any atom is -1.00 e. The van der Waals surface area contributed by atoms with Crippen LogP contribution in [0.4, 0.5) is 0 Å². The number of hydrogen-bond donors (Lipinski definition) is 0. The maximum absolute atomic E-state index is 3.71. The van der Waals surface area contributed by atoms with Gasteiger partial charge >= 0.3 is 26.2 Å². The van der Waals surface area contributed by atoms with Crippen LogP contribution in [0.3, 0.4) is 0 Å². The summed E-state index contributed by atoms with van der Waals surface area (Å²) in [5.74, 6) is 0. The van der Waals surface area contributed by atoms with Crippen LogP contribution in [-0.4, -0.2) is 0 Å². The molecule has 2 aromatic rings. The maximum atomic E-state index is 3.71. The summed E-state index contributed by atoms with van der Waals surface area (Å²) in [7, 11) is 0. The fraction of sp³-hybridized carbons (Fsp3) is 0.478. The Bertz CT molecular complexity index is 793. The number of halogens is 2. The molecule has 0 amide bonds. The Hall–Kier alpha value is -0.0969. The van der Waals surface area contributed by atoms with Gasteiger partial charge in [0.15, 0.2) is 0 Å². The zero-order chi connectivity index (χ0) is 17.2. The van der Waals surface area contributed by atoms with Crippen molar-refractivity contribution in [1.82, 2.24) is 0 Å². The van der Waals surface area contributed by atoms with Gasteiger partial charge in [0.2, 0.25) is 0 Å². The zero-order valence-electron chi connectivity index (χ0n) is 17.2. The van der Waals surface area contributed by atoms with Gasteiger partial charge in [-0.25, -0.2) is 0 Å². The minimum absolute atomic E-state index is 0. The molecule has 3 heteroatoms. The normalized spacial score (nSPS) is 12.3. The molecular formula is C23H29Cl2Zr. The van der Waals surface area contributed by atoms with Gasteiger partial charge in [0.1, 0.15) is 0 Å². The van der Waals surface area contributed by atoms with E-state index in [4.69, 9.17) is 0 Å². The topological polar surface area (TPSA) is 0 Å². The van der Waals surface area contributed by atoms with Gasteiger partial charge < -0.3 is 24.8 Å². The van der Waals surface area contributed by atoms with Gasteiger partial charge in [-0.2, -0.15) is 17.7 Å². The smallest absolute Gasteiger partial charge is 1.00 e. The second kappa shape index (κ2) is 8.50. The van der Waals surface area contributed by atoms with E-state index in [0.29, 0.717) is 0 Å². The largest absolute Gasteiger partial charge is 3.00 e. The molecule has 0 aliphatic heterocycles. The van der Waals surface area contributed by atoms with Crippen LogP contribution in [0.25, 0.3) is 11.1 Å². The van der Waals surface area contributed by atoms with Gasteiger partial charge in [0.05, 0.1) is 0 Å². The van der Waals surface area contributed by atoms with E-state index in [2.05, 4.69) is 79.7 Å². The number of aryl methyl sites for hydroxylation is 2. The summed E-state index contributed by atoms with van der Waals surface area (Å²) in [6.07, 6.45) is 1.03. The summed E-state index contributed by atoms with van der Waals surface area (Å²) >= 11 is 0. The predicted molar refractivity (Wildman–Crippen MR) is 100 cm³/mol. The Morgan fingerprint density at radius 2 is 1.35 bits per heavy atom. The number of fused-ring (bicyclic) bond motifs is 3. The van der Waals surface area contributed by atoms with Crippen LogP contribution in [0, 0.1) is 19.9 Å². The average molecular weight is 468 g/mol. The molecule has 0 atom stereocenters. The molecule has 1 aliphatic rings. The van der Waals surface area contributed by atoms with E-state index in [1.54, 1.807) is 0 Å². The van der Waals surface area contributed by atoms with Crippen molar-refractivity contribution in [3.63, 3.8) is 0 Å². The molecule has 0 saturated carbocycles. The first kappa shape index (κ1) is 25.9. The summed E-state index contributed by atoms with van der Waals surface area (Å²) in [6.45, 7) is 18.3. The van der Waals surface area contributed by atoms with Crippen molar-refractivity contribution in [3.8, 4) is 11.1 Å². The van der Waals surface area contributed by atoms with E-state index in [1.165, 1.54) is 44.5 Å². The molecule has 3 rings (SSSR count). The van der Waals surface area contributed by atoms with Crippen LogP contribution in [-0.2, 0) is 43.5 Å². The number of rotatable bonds is 0. The monoisotopic (exact) mass is 465 g/mol. The number of hydrogen-bond acceptors (Lipinski definition) is 0. The molecule has 1 radical (unpaired) electrons. The Labute approximate surface area is 191 Å². The van der Waals surface area contributed by atoms with Gasteiger partial charge in [-0.15, -0.1) is 16.7 Å². The van der Waals surface area contributed by atoms with Gasteiger partial charge in [0, 0.05) is 0 Å². The second-order valence-electron chi connectivity index (χ2n) is 9.22. The van der Waals surface area contributed by atoms with Gasteiger partial charge in [-0.3, -0.25) is 0 Å². The first-order valence-corrected chi connectivity index (χ1v) is 8.69. The third-order valence-electron chi connectivity index (χ3n) is 4.97. The molecule has 139 valence electrons. The van der Waals surface area contributed by atoms with E-state index in [0.717, 1.165) is 6.42 Å². The van der Waals surface area contributed by atoms with E-state index in [9.17, 15) is 0 Å². The summed E-state index contributed by atoms with van der Waals surface area (Å²) < 4.78 is 0. The quantitative estimate of drug-likeness (QED) is 0.417. The fourth-order valence-electron chi connectivity index (χ4n) is 3.94. The second-order valence-corrected chi connectivity index (χ2v) is 9.22. The van der Waals surface area contributed by atoms with Crippen molar-refractivity contribution in [1.29, 1.82) is 0 Å². The number of benzene rings is 2. The van der Waals surface area contributed by atoms with E-state index in [1.807, 2.05) is 0 Å².